The SMILES string of the molecule is CNCc1ccc(COCC(C)C)o1. The standard InChI is InChI=1S/C11H19NO2/c1-9(2)7-13-8-11-5-4-10(14-11)6-12-3/h4-5,9,12H,6-8H2,1-3H3. The summed E-state index contributed by atoms with van der Waals surface area (Å²) in [5, 5.41) is 3.04. The van der Waals surface area contributed by atoms with E-state index in [0.717, 1.165) is 24.7 Å². The Balaban J connectivity index is 2.28. The van der Waals surface area contributed by atoms with Crippen LogP contribution in [0.2, 0.25) is 0 Å². The molecular formula is C11H19NO2. The molecule has 0 aliphatic rings. The van der Waals surface area contributed by atoms with E-state index in [1.54, 1.807) is 0 Å². The zero-order valence-corrected chi connectivity index (χ0v) is 9.17. The second-order valence-corrected chi connectivity index (χ2v) is 3.81. The van der Waals surface area contributed by atoms with Crippen LogP contribution in [0.4, 0.5) is 0 Å². The van der Waals surface area contributed by atoms with Gasteiger partial charge in [0.2, 0.25) is 0 Å². The molecule has 0 saturated carbocycles. The fourth-order valence-corrected chi connectivity index (χ4v) is 1.16. The van der Waals surface area contributed by atoms with Gasteiger partial charge in [0, 0.05) is 6.61 Å². The van der Waals surface area contributed by atoms with E-state index < -0.39 is 0 Å². The third-order valence-corrected chi connectivity index (χ3v) is 1.76. The Kier molecular flexibility index (Phi) is 4.70. The Bertz CT molecular complexity index is 256. The zero-order valence-electron chi connectivity index (χ0n) is 9.17. The lowest BCUT2D eigenvalue weighted by Gasteiger charge is -2.04. The third-order valence-electron chi connectivity index (χ3n) is 1.76. The van der Waals surface area contributed by atoms with Gasteiger partial charge in [-0.25, -0.2) is 0 Å². The highest BCUT2D eigenvalue weighted by molar-refractivity contribution is 5.06. The molecule has 0 saturated heterocycles. The van der Waals surface area contributed by atoms with Crippen molar-refractivity contribution in [2.24, 2.45) is 5.92 Å². The Hall–Kier alpha value is -0.800. The minimum Gasteiger partial charge on any atom is -0.462 e. The van der Waals surface area contributed by atoms with Gasteiger partial charge < -0.3 is 14.5 Å². The van der Waals surface area contributed by atoms with E-state index in [4.69, 9.17) is 9.15 Å². The summed E-state index contributed by atoms with van der Waals surface area (Å²) < 4.78 is 11.0. The van der Waals surface area contributed by atoms with Gasteiger partial charge in [0.25, 0.3) is 0 Å². The van der Waals surface area contributed by atoms with Crippen LogP contribution in [0.1, 0.15) is 25.4 Å². The molecule has 0 bridgehead atoms. The maximum atomic E-state index is 5.52. The Labute approximate surface area is 85.4 Å². The highest BCUT2D eigenvalue weighted by atomic mass is 16.5. The van der Waals surface area contributed by atoms with Crippen LogP contribution in [0.5, 0.6) is 0 Å². The van der Waals surface area contributed by atoms with Crippen LogP contribution in [0.25, 0.3) is 0 Å². The summed E-state index contributed by atoms with van der Waals surface area (Å²) in [5.41, 5.74) is 0. The molecule has 3 nitrogen and oxygen atoms in total. The van der Waals surface area contributed by atoms with E-state index in [9.17, 15) is 0 Å². The van der Waals surface area contributed by atoms with E-state index in [-0.39, 0.29) is 0 Å². The minimum atomic E-state index is 0.571. The second kappa shape index (κ2) is 5.83. The van der Waals surface area contributed by atoms with Gasteiger partial charge in [-0.3, -0.25) is 0 Å². The molecule has 1 heterocycles. The Morgan fingerprint density at radius 3 is 2.71 bits per heavy atom. The highest BCUT2D eigenvalue weighted by Gasteiger charge is 2.01. The van der Waals surface area contributed by atoms with Crippen molar-refractivity contribution in [3.63, 3.8) is 0 Å². The first-order valence-electron chi connectivity index (χ1n) is 5.02. The van der Waals surface area contributed by atoms with Crippen LogP contribution in [-0.2, 0) is 17.9 Å². The quantitative estimate of drug-likeness (QED) is 0.759. The molecular weight excluding hydrogens is 178 g/mol. The summed E-state index contributed by atoms with van der Waals surface area (Å²) >= 11 is 0. The molecule has 1 rings (SSSR count). The number of ether oxygens (including phenoxy) is 1. The molecule has 80 valence electrons. The van der Waals surface area contributed by atoms with Crippen molar-refractivity contribution in [2.45, 2.75) is 27.0 Å². The molecule has 0 fully saturated rings. The van der Waals surface area contributed by atoms with Crippen molar-refractivity contribution < 1.29 is 9.15 Å². The van der Waals surface area contributed by atoms with Crippen LogP contribution in [0.15, 0.2) is 16.5 Å². The normalized spacial score (nSPS) is 11.1. The van der Waals surface area contributed by atoms with E-state index in [1.807, 2.05) is 19.2 Å². The monoisotopic (exact) mass is 197 g/mol. The van der Waals surface area contributed by atoms with Crippen LogP contribution in [0, 0.1) is 5.92 Å². The molecule has 1 N–H and O–H groups in total. The van der Waals surface area contributed by atoms with Crippen LogP contribution < -0.4 is 5.32 Å². The molecule has 0 radical (unpaired) electrons. The van der Waals surface area contributed by atoms with Crippen LogP contribution >= 0.6 is 0 Å². The van der Waals surface area contributed by atoms with Crippen LogP contribution in [0.3, 0.4) is 0 Å². The number of rotatable bonds is 6. The Morgan fingerprint density at radius 2 is 2.07 bits per heavy atom. The second-order valence-electron chi connectivity index (χ2n) is 3.81. The van der Waals surface area contributed by atoms with E-state index in [1.165, 1.54) is 0 Å². The lowest BCUT2D eigenvalue weighted by Crippen LogP contribution is -2.03. The van der Waals surface area contributed by atoms with Gasteiger partial charge in [0.1, 0.15) is 18.1 Å². The summed E-state index contributed by atoms with van der Waals surface area (Å²) in [4.78, 5) is 0. The van der Waals surface area contributed by atoms with Crippen molar-refractivity contribution >= 4 is 0 Å². The van der Waals surface area contributed by atoms with Crippen molar-refractivity contribution in [3.05, 3.63) is 23.7 Å². The van der Waals surface area contributed by atoms with Crippen molar-refractivity contribution in [1.29, 1.82) is 0 Å². The average molecular weight is 197 g/mol. The largest absolute Gasteiger partial charge is 0.462 e. The maximum Gasteiger partial charge on any atom is 0.129 e. The fraction of sp³-hybridized carbons (Fsp3) is 0.636. The molecule has 0 unspecified atom stereocenters. The van der Waals surface area contributed by atoms with Gasteiger partial charge in [-0.15, -0.1) is 0 Å². The van der Waals surface area contributed by atoms with Crippen molar-refractivity contribution in [1.82, 2.24) is 5.32 Å². The van der Waals surface area contributed by atoms with Crippen molar-refractivity contribution in [3.8, 4) is 0 Å². The number of nitrogens with one attached hydrogen (secondary N) is 1. The lowest BCUT2D eigenvalue weighted by atomic mass is 10.2. The predicted molar refractivity (Wildman–Crippen MR) is 56.0 cm³/mol. The topological polar surface area (TPSA) is 34.4 Å². The number of hydrogen-bond donors (Lipinski definition) is 1. The van der Waals surface area contributed by atoms with Gasteiger partial charge in [-0.1, -0.05) is 13.8 Å². The van der Waals surface area contributed by atoms with Gasteiger partial charge in [-0.2, -0.15) is 0 Å². The third kappa shape index (κ3) is 3.94. The first-order chi connectivity index (χ1) is 6.72. The van der Waals surface area contributed by atoms with Crippen molar-refractivity contribution in [2.75, 3.05) is 13.7 Å². The first-order valence-corrected chi connectivity index (χ1v) is 5.02. The molecule has 0 amide bonds. The molecule has 0 spiro atoms. The molecule has 0 aromatic carbocycles. The first kappa shape index (κ1) is 11.3. The van der Waals surface area contributed by atoms with Gasteiger partial charge in [0.05, 0.1) is 6.54 Å². The van der Waals surface area contributed by atoms with E-state index in [0.29, 0.717) is 12.5 Å². The summed E-state index contributed by atoms with van der Waals surface area (Å²) in [6.45, 7) is 6.39. The molecule has 3 heteroatoms. The number of hydrogen-bond acceptors (Lipinski definition) is 3. The van der Waals surface area contributed by atoms with Gasteiger partial charge >= 0.3 is 0 Å². The minimum absolute atomic E-state index is 0.571. The summed E-state index contributed by atoms with van der Waals surface area (Å²) in [5.74, 6) is 2.42. The fourth-order valence-electron chi connectivity index (χ4n) is 1.16. The maximum absolute atomic E-state index is 5.52. The van der Waals surface area contributed by atoms with Gasteiger partial charge in [-0.05, 0) is 25.1 Å². The average Bonchev–Trinajstić information content (AvgIpc) is 2.53. The smallest absolute Gasteiger partial charge is 0.129 e. The molecule has 0 aliphatic carbocycles. The van der Waals surface area contributed by atoms with E-state index in [2.05, 4.69) is 19.2 Å². The van der Waals surface area contributed by atoms with Crippen LogP contribution in [-0.4, -0.2) is 13.7 Å². The Morgan fingerprint density at radius 1 is 1.36 bits per heavy atom. The summed E-state index contributed by atoms with van der Waals surface area (Å²) in [6.07, 6.45) is 0. The summed E-state index contributed by atoms with van der Waals surface area (Å²) in [7, 11) is 1.90. The number of furan rings is 1. The molecule has 0 atom stereocenters. The summed E-state index contributed by atoms with van der Waals surface area (Å²) in [6, 6.07) is 3.94. The molecule has 14 heavy (non-hydrogen) atoms. The zero-order chi connectivity index (χ0) is 10.4. The highest BCUT2D eigenvalue weighted by Crippen LogP contribution is 2.09. The predicted octanol–water partition coefficient (Wildman–Crippen LogP) is 2.17. The molecule has 1 aromatic heterocycles. The van der Waals surface area contributed by atoms with E-state index >= 15 is 0 Å². The molecule has 1 aromatic rings. The lowest BCUT2D eigenvalue weighted by molar-refractivity contribution is 0.0838. The van der Waals surface area contributed by atoms with Gasteiger partial charge in [0.15, 0.2) is 0 Å². The molecule has 0 aliphatic heterocycles.